The molecule has 1 nitrogen and oxygen atoms in total. The zero-order valence-electron chi connectivity index (χ0n) is 18.7. The van der Waals surface area contributed by atoms with E-state index in [0.29, 0.717) is 17.7 Å². The maximum absolute atomic E-state index is 15.0. The molecule has 0 amide bonds. The lowest BCUT2D eigenvalue weighted by Crippen LogP contribution is -2.05. The number of hydrogen-bond acceptors (Lipinski definition) is 1. The average molecular weight is 449 g/mol. The largest absolute Gasteiger partial charge is 0.368 e. The van der Waals surface area contributed by atoms with Gasteiger partial charge in [-0.2, -0.15) is 0 Å². The van der Waals surface area contributed by atoms with E-state index in [1.54, 1.807) is 30.3 Å². The molecule has 5 rings (SSSR count). The third kappa shape index (κ3) is 4.49. The molecule has 0 bridgehead atoms. The first-order valence-electron chi connectivity index (χ1n) is 11.7. The molecule has 0 saturated carbocycles. The first-order valence-corrected chi connectivity index (χ1v) is 11.7. The van der Waals surface area contributed by atoms with Crippen molar-refractivity contribution in [2.45, 2.75) is 45.1 Å². The normalized spacial score (nSPS) is 19.9. The first kappa shape index (κ1) is 22.0. The summed E-state index contributed by atoms with van der Waals surface area (Å²) < 4.78 is 49.0. The lowest BCUT2D eigenvalue weighted by molar-refractivity contribution is 0.401. The van der Waals surface area contributed by atoms with Gasteiger partial charge < -0.3 is 4.74 Å². The van der Waals surface area contributed by atoms with Crippen LogP contribution in [0.3, 0.4) is 0 Å². The van der Waals surface area contributed by atoms with Crippen molar-refractivity contribution in [3.63, 3.8) is 0 Å². The smallest absolute Gasteiger partial charge is 0.167 e. The Bertz CT molecular complexity index is 1190. The lowest BCUT2D eigenvalue weighted by atomic mass is 9.84. The van der Waals surface area contributed by atoms with Crippen LogP contribution in [0.1, 0.15) is 56.3 Å². The Hall–Kier alpha value is -2.85. The molecule has 0 N–H and O–H groups in total. The summed E-state index contributed by atoms with van der Waals surface area (Å²) in [5, 5.41) is 0. The summed E-state index contributed by atoms with van der Waals surface area (Å²) in [5.41, 5.74) is 4.41. The molecular formula is C29H27F3O. The third-order valence-electron chi connectivity index (χ3n) is 6.85. The molecule has 2 aliphatic rings. The van der Waals surface area contributed by atoms with E-state index in [4.69, 9.17) is 4.74 Å². The quantitative estimate of drug-likeness (QED) is 0.344. The predicted octanol–water partition coefficient (Wildman–Crippen LogP) is 8.49. The van der Waals surface area contributed by atoms with Gasteiger partial charge in [0.25, 0.3) is 0 Å². The van der Waals surface area contributed by atoms with Gasteiger partial charge in [-0.3, -0.25) is 0 Å². The van der Waals surface area contributed by atoms with Crippen LogP contribution in [-0.2, 0) is 4.74 Å². The fourth-order valence-electron chi connectivity index (χ4n) is 4.86. The van der Waals surface area contributed by atoms with Crippen LogP contribution in [0, 0.1) is 23.4 Å². The lowest BCUT2D eigenvalue weighted by Gasteiger charge is -2.22. The van der Waals surface area contributed by atoms with E-state index in [0.717, 1.165) is 41.9 Å². The van der Waals surface area contributed by atoms with Gasteiger partial charge in [0.1, 0.15) is 11.9 Å². The van der Waals surface area contributed by atoms with Gasteiger partial charge in [0, 0.05) is 16.7 Å². The Kier molecular flexibility index (Phi) is 6.11. The highest BCUT2D eigenvalue weighted by atomic mass is 19.2. The third-order valence-corrected chi connectivity index (χ3v) is 6.85. The van der Waals surface area contributed by atoms with Crippen LogP contribution in [0.2, 0.25) is 0 Å². The number of epoxide rings is 1. The second kappa shape index (κ2) is 9.18. The summed E-state index contributed by atoms with van der Waals surface area (Å²) in [6.45, 7) is 2.63. The minimum absolute atomic E-state index is 0.204. The van der Waals surface area contributed by atoms with Crippen LogP contribution in [0.25, 0.3) is 27.8 Å². The van der Waals surface area contributed by atoms with Crippen molar-refractivity contribution in [1.82, 2.24) is 0 Å². The molecule has 0 aromatic heterocycles. The summed E-state index contributed by atoms with van der Waals surface area (Å²) in [6.07, 6.45) is 7.35. The highest BCUT2D eigenvalue weighted by molar-refractivity contribution is 5.74. The molecule has 1 saturated heterocycles. The fourth-order valence-corrected chi connectivity index (χ4v) is 4.86. The summed E-state index contributed by atoms with van der Waals surface area (Å²) in [4.78, 5) is 0. The molecule has 33 heavy (non-hydrogen) atoms. The second-order valence-electron chi connectivity index (χ2n) is 9.08. The molecule has 1 heterocycles. The Labute approximate surface area is 192 Å². The highest BCUT2D eigenvalue weighted by Crippen LogP contribution is 2.37. The number of rotatable bonds is 6. The average Bonchev–Trinajstić information content (AvgIpc) is 3.67. The van der Waals surface area contributed by atoms with Gasteiger partial charge in [-0.15, -0.1) is 0 Å². The van der Waals surface area contributed by atoms with Gasteiger partial charge in [-0.1, -0.05) is 74.4 Å². The van der Waals surface area contributed by atoms with E-state index in [1.807, 2.05) is 24.3 Å². The molecule has 0 radical (unpaired) electrons. The second-order valence-corrected chi connectivity index (χ2v) is 9.08. The van der Waals surface area contributed by atoms with E-state index < -0.39 is 11.6 Å². The van der Waals surface area contributed by atoms with Crippen LogP contribution < -0.4 is 0 Å². The topological polar surface area (TPSA) is 12.5 Å². The summed E-state index contributed by atoms with van der Waals surface area (Å²) in [5.74, 6) is -1.22. The van der Waals surface area contributed by atoms with Gasteiger partial charge in [0.15, 0.2) is 11.6 Å². The molecule has 1 aliphatic heterocycles. The SMILES string of the molecule is CCCC1CC=C(c2ccc(-c3ccc(-c4ccc(C5CO5)c(F)c4F)cc3)cc2F)CC1. The minimum Gasteiger partial charge on any atom is -0.368 e. The van der Waals surface area contributed by atoms with Crippen molar-refractivity contribution in [3.8, 4) is 22.3 Å². The molecule has 3 aromatic rings. The highest BCUT2D eigenvalue weighted by Gasteiger charge is 2.30. The van der Waals surface area contributed by atoms with E-state index in [-0.39, 0.29) is 23.0 Å². The Morgan fingerprint density at radius 2 is 1.55 bits per heavy atom. The number of allylic oxidation sites excluding steroid dienone is 2. The van der Waals surface area contributed by atoms with Gasteiger partial charge in [-0.25, -0.2) is 13.2 Å². The molecule has 0 spiro atoms. The molecule has 2 unspecified atom stereocenters. The molecule has 2 atom stereocenters. The number of ether oxygens (including phenoxy) is 1. The van der Waals surface area contributed by atoms with Gasteiger partial charge in [0.2, 0.25) is 0 Å². The van der Waals surface area contributed by atoms with Crippen LogP contribution in [0.5, 0.6) is 0 Å². The van der Waals surface area contributed by atoms with Crippen molar-refractivity contribution in [2.75, 3.05) is 6.61 Å². The number of hydrogen-bond donors (Lipinski definition) is 0. The van der Waals surface area contributed by atoms with Crippen molar-refractivity contribution in [2.24, 2.45) is 5.92 Å². The first-order chi connectivity index (χ1) is 16.0. The molecule has 3 aromatic carbocycles. The standard InChI is InChI=1S/C29H27F3O/c1-2-3-18-4-6-20(7-5-18)23-13-12-22(16-26(23)30)19-8-10-21(11-9-19)24-14-15-25(27-17-33-27)29(32)28(24)31/h6,8-16,18,27H,2-5,7,17H2,1H3. The number of benzene rings is 3. The predicted molar refractivity (Wildman–Crippen MR) is 126 cm³/mol. The maximum atomic E-state index is 15.0. The van der Waals surface area contributed by atoms with Crippen LogP contribution in [0.4, 0.5) is 13.2 Å². The zero-order chi connectivity index (χ0) is 22.9. The minimum atomic E-state index is -0.868. The van der Waals surface area contributed by atoms with Crippen molar-refractivity contribution in [1.29, 1.82) is 0 Å². The summed E-state index contributed by atoms with van der Waals surface area (Å²) >= 11 is 0. The maximum Gasteiger partial charge on any atom is 0.167 e. The van der Waals surface area contributed by atoms with Crippen LogP contribution in [0.15, 0.2) is 60.7 Å². The van der Waals surface area contributed by atoms with Gasteiger partial charge >= 0.3 is 0 Å². The van der Waals surface area contributed by atoms with Crippen molar-refractivity contribution in [3.05, 3.63) is 89.3 Å². The molecule has 4 heteroatoms. The van der Waals surface area contributed by atoms with Crippen molar-refractivity contribution < 1.29 is 17.9 Å². The number of halogens is 3. The summed E-state index contributed by atoms with van der Waals surface area (Å²) in [7, 11) is 0. The van der Waals surface area contributed by atoms with E-state index >= 15 is 0 Å². The molecular weight excluding hydrogens is 421 g/mol. The fraction of sp³-hybridized carbons (Fsp3) is 0.310. The van der Waals surface area contributed by atoms with Gasteiger partial charge in [-0.05, 0) is 53.5 Å². The van der Waals surface area contributed by atoms with Crippen molar-refractivity contribution >= 4 is 5.57 Å². The van der Waals surface area contributed by atoms with E-state index in [2.05, 4.69) is 13.0 Å². The molecule has 170 valence electrons. The van der Waals surface area contributed by atoms with E-state index in [9.17, 15) is 13.2 Å². The summed E-state index contributed by atoms with van der Waals surface area (Å²) in [6, 6.07) is 15.6. The Morgan fingerprint density at radius 3 is 2.18 bits per heavy atom. The van der Waals surface area contributed by atoms with Gasteiger partial charge in [0.05, 0.1) is 6.61 Å². The van der Waals surface area contributed by atoms with Crippen LogP contribution in [-0.4, -0.2) is 6.61 Å². The Morgan fingerprint density at radius 1 is 0.848 bits per heavy atom. The Balaban J connectivity index is 1.36. The van der Waals surface area contributed by atoms with E-state index in [1.165, 1.54) is 12.8 Å². The zero-order valence-corrected chi connectivity index (χ0v) is 18.7. The van der Waals surface area contributed by atoms with Crippen LogP contribution >= 0.6 is 0 Å². The molecule has 1 fully saturated rings. The monoisotopic (exact) mass is 448 g/mol. The molecule has 1 aliphatic carbocycles.